The molecule has 7 N–H and O–H groups in total. The normalized spacial score (nSPS) is 12.2. The van der Waals surface area contributed by atoms with Crippen molar-refractivity contribution in [2.45, 2.75) is 50.4 Å². The van der Waals surface area contributed by atoms with Gasteiger partial charge in [-0.3, -0.25) is 9.59 Å². The molecule has 0 radical (unpaired) electrons. The van der Waals surface area contributed by atoms with Crippen LogP contribution in [0.15, 0.2) is 53.7 Å². The standard InChI is InChI=1S/C26H36N6O6S2/c1-17(2)22(32-26(37)38-14-15-39-40-21-7-3-4-12-28-21)24(35)31-20(6-5-13-29-25(27)36)23(34)30-19-10-8-18(16-33)9-11-19/h3-4,7-12,17,20,22,33H,5-6,13-16H2,1-2H3,(H,30,34)(H,31,35)(H,32,37)(H3,27,29,36)/t20-,22-/m0/s1. The highest BCUT2D eigenvalue weighted by Crippen LogP contribution is 2.28. The molecule has 0 aliphatic carbocycles. The number of carbonyl (C=O) groups is 4. The molecule has 0 saturated carbocycles. The number of hydrogen-bond donors (Lipinski definition) is 6. The van der Waals surface area contributed by atoms with Crippen molar-refractivity contribution in [3.05, 3.63) is 54.2 Å². The van der Waals surface area contributed by atoms with E-state index in [1.807, 2.05) is 18.2 Å². The first kappa shape index (κ1) is 32.7. The average Bonchev–Trinajstić information content (AvgIpc) is 2.93. The second kappa shape index (κ2) is 18.0. The highest BCUT2D eigenvalue weighted by atomic mass is 33.1. The zero-order chi connectivity index (χ0) is 29.3. The van der Waals surface area contributed by atoms with Gasteiger partial charge in [-0.15, -0.1) is 0 Å². The van der Waals surface area contributed by atoms with Gasteiger partial charge in [0.1, 0.15) is 23.7 Å². The van der Waals surface area contributed by atoms with Crippen molar-refractivity contribution in [2.75, 3.05) is 24.2 Å². The second-order valence-corrected chi connectivity index (χ2v) is 11.3. The first-order valence-corrected chi connectivity index (χ1v) is 15.0. The van der Waals surface area contributed by atoms with Crippen LogP contribution in [0.2, 0.25) is 0 Å². The van der Waals surface area contributed by atoms with Crippen LogP contribution in [-0.2, 0) is 20.9 Å². The summed E-state index contributed by atoms with van der Waals surface area (Å²) in [6.45, 7) is 3.75. The number of carbonyl (C=O) groups excluding carboxylic acids is 4. The largest absolute Gasteiger partial charge is 0.449 e. The van der Waals surface area contributed by atoms with Crippen LogP contribution in [0.4, 0.5) is 15.3 Å². The van der Waals surface area contributed by atoms with Gasteiger partial charge in [-0.1, -0.05) is 42.8 Å². The average molecular weight is 593 g/mol. The smallest absolute Gasteiger partial charge is 0.407 e. The van der Waals surface area contributed by atoms with E-state index in [2.05, 4.69) is 26.3 Å². The van der Waals surface area contributed by atoms with Gasteiger partial charge < -0.3 is 36.8 Å². The molecule has 1 heterocycles. The summed E-state index contributed by atoms with van der Waals surface area (Å²) in [6.07, 6.45) is 1.52. The van der Waals surface area contributed by atoms with Gasteiger partial charge >= 0.3 is 12.1 Å². The van der Waals surface area contributed by atoms with E-state index in [9.17, 15) is 24.3 Å². The number of primary amides is 1. The Morgan fingerprint density at radius 3 is 2.42 bits per heavy atom. The van der Waals surface area contributed by atoms with Gasteiger partial charge in [-0.05, 0) is 59.4 Å². The number of rotatable bonds is 16. The molecule has 1 aromatic carbocycles. The molecular weight excluding hydrogens is 556 g/mol. The van der Waals surface area contributed by atoms with E-state index in [1.54, 1.807) is 44.3 Å². The number of urea groups is 1. The number of anilines is 1. The number of aliphatic hydroxyl groups excluding tert-OH is 1. The maximum atomic E-state index is 13.2. The third kappa shape index (κ3) is 12.6. The van der Waals surface area contributed by atoms with Gasteiger partial charge in [0.2, 0.25) is 11.8 Å². The summed E-state index contributed by atoms with van der Waals surface area (Å²) >= 11 is 0. The molecule has 1 aromatic heterocycles. The van der Waals surface area contributed by atoms with Gasteiger partial charge in [0.15, 0.2) is 0 Å². The Kier molecular flexibility index (Phi) is 14.7. The van der Waals surface area contributed by atoms with Gasteiger partial charge in [0, 0.05) is 24.2 Å². The van der Waals surface area contributed by atoms with Crippen LogP contribution in [0.3, 0.4) is 0 Å². The van der Waals surface area contributed by atoms with E-state index in [0.717, 1.165) is 5.03 Å². The van der Waals surface area contributed by atoms with E-state index in [4.69, 9.17) is 10.5 Å². The molecule has 12 nitrogen and oxygen atoms in total. The molecule has 2 rings (SSSR count). The molecule has 218 valence electrons. The number of ether oxygens (including phenoxy) is 1. The van der Waals surface area contributed by atoms with Crippen LogP contribution in [0.1, 0.15) is 32.3 Å². The lowest BCUT2D eigenvalue weighted by Crippen LogP contribution is -2.54. The summed E-state index contributed by atoms with van der Waals surface area (Å²) in [5, 5.41) is 20.5. The molecule has 0 fully saturated rings. The van der Waals surface area contributed by atoms with E-state index in [1.165, 1.54) is 21.6 Å². The third-order valence-electron chi connectivity index (χ3n) is 5.41. The van der Waals surface area contributed by atoms with Crippen LogP contribution in [0.5, 0.6) is 0 Å². The quantitative estimate of drug-likeness (QED) is 0.126. The van der Waals surface area contributed by atoms with Crippen molar-refractivity contribution < 1.29 is 29.0 Å². The molecule has 5 amide bonds. The molecule has 40 heavy (non-hydrogen) atoms. The summed E-state index contributed by atoms with van der Waals surface area (Å²) < 4.78 is 5.23. The molecule has 0 aliphatic rings. The molecule has 2 aromatic rings. The number of alkyl carbamates (subject to hydrolysis) is 1. The summed E-state index contributed by atoms with van der Waals surface area (Å²) in [6, 6.07) is 9.60. The lowest BCUT2D eigenvalue weighted by molar-refractivity contribution is -0.128. The summed E-state index contributed by atoms with van der Waals surface area (Å²) in [4.78, 5) is 53.8. The van der Waals surface area contributed by atoms with Crippen molar-refractivity contribution in [1.29, 1.82) is 0 Å². The number of amides is 5. The van der Waals surface area contributed by atoms with Crippen molar-refractivity contribution >= 4 is 51.2 Å². The minimum Gasteiger partial charge on any atom is -0.449 e. The van der Waals surface area contributed by atoms with Crippen LogP contribution >= 0.6 is 21.6 Å². The second-order valence-electron chi connectivity index (χ2n) is 8.91. The van der Waals surface area contributed by atoms with Crippen LogP contribution in [0, 0.1) is 5.92 Å². The predicted octanol–water partition coefficient (Wildman–Crippen LogP) is 2.64. The molecule has 0 aliphatic heterocycles. The van der Waals surface area contributed by atoms with Crippen molar-refractivity contribution in [3.8, 4) is 0 Å². The van der Waals surface area contributed by atoms with E-state index >= 15 is 0 Å². The molecular formula is C26H36N6O6S2. The zero-order valence-electron chi connectivity index (χ0n) is 22.4. The number of nitrogens with one attached hydrogen (secondary N) is 4. The SMILES string of the molecule is CC(C)[C@H](NC(=O)OCCSSc1ccccn1)C(=O)N[C@@H](CCCNC(N)=O)C(=O)Nc1ccc(CO)cc1. The van der Waals surface area contributed by atoms with Crippen LogP contribution in [0.25, 0.3) is 0 Å². The monoisotopic (exact) mass is 592 g/mol. The Balaban J connectivity index is 1.92. The Hall–Kier alpha value is -3.49. The van der Waals surface area contributed by atoms with Gasteiger partial charge in [0.05, 0.1) is 6.61 Å². The highest BCUT2D eigenvalue weighted by molar-refractivity contribution is 8.76. The van der Waals surface area contributed by atoms with E-state index in [0.29, 0.717) is 23.4 Å². The molecule has 0 bridgehead atoms. The minimum atomic E-state index is -0.959. The van der Waals surface area contributed by atoms with Crippen molar-refractivity contribution in [1.82, 2.24) is 20.9 Å². The first-order valence-electron chi connectivity index (χ1n) is 12.7. The number of aromatic nitrogens is 1. The molecule has 0 spiro atoms. The lowest BCUT2D eigenvalue weighted by atomic mass is 10.0. The van der Waals surface area contributed by atoms with Crippen molar-refractivity contribution in [3.63, 3.8) is 0 Å². The Morgan fingerprint density at radius 1 is 1.05 bits per heavy atom. The zero-order valence-corrected chi connectivity index (χ0v) is 24.1. The summed E-state index contributed by atoms with van der Waals surface area (Å²) in [5.41, 5.74) is 6.27. The van der Waals surface area contributed by atoms with Crippen molar-refractivity contribution in [2.24, 2.45) is 11.7 Å². The van der Waals surface area contributed by atoms with E-state index < -0.39 is 36.0 Å². The fraction of sp³-hybridized carbons (Fsp3) is 0.423. The van der Waals surface area contributed by atoms with Gasteiger partial charge in [0.25, 0.3) is 0 Å². The molecule has 14 heteroatoms. The Morgan fingerprint density at radius 2 is 1.80 bits per heavy atom. The maximum absolute atomic E-state index is 13.2. The fourth-order valence-corrected chi connectivity index (χ4v) is 5.05. The first-order chi connectivity index (χ1) is 19.2. The lowest BCUT2D eigenvalue weighted by Gasteiger charge is -2.25. The highest BCUT2D eigenvalue weighted by Gasteiger charge is 2.29. The molecule has 0 saturated heterocycles. The molecule has 0 unspecified atom stereocenters. The third-order valence-corrected chi connectivity index (χ3v) is 7.64. The topological polar surface area (TPSA) is 185 Å². The maximum Gasteiger partial charge on any atom is 0.407 e. The number of pyridine rings is 1. The minimum absolute atomic E-state index is 0.130. The predicted molar refractivity (Wildman–Crippen MR) is 155 cm³/mol. The number of nitrogens with zero attached hydrogens (tertiary/aromatic N) is 1. The fourth-order valence-electron chi connectivity index (χ4n) is 3.34. The summed E-state index contributed by atoms with van der Waals surface area (Å²) in [7, 11) is 2.95. The van der Waals surface area contributed by atoms with Crippen LogP contribution in [-0.4, -0.2) is 65.0 Å². The van der Waals surface area contributed by atoms with Crippen LogP contribution < -0.4 is 27.0 Å². The Bertz CT molecular complexity index is 1090. The summed E-state index contributed by atoms with van der Waals surface area (Å²) in [5.74, 6) is -0.802. The number of nitrogens with two attached hydrogens (primary N) is 1. The van der Waals surface area contributed by atoms with Gasteiger partial charge in [-0.25, -0.2) is 14.6 Å². The number of aliphatic hydroxyl groups is 1. The molecule has 2 atom stereocenters. The number of hydrogen-bond acceptors (Lipinski definition) is 9. The Labute approximate surface area is 241 Å². The van der Waals surface area contributed by atoms with E-state index in [-0.39, 0.29) is 32.1 Å². The van der Waals surface area contributed by atoms with Gasteiger partial charge in [-0.2, -0.15) is 0 Å². The number of benzene rings is 1.